The van der Waals surface area contributed by atoms with Crippen LogP contribution in [0.5, 0.6) is 5.75 Å². The van der Waals surface area contributed by atoms with Gasteiger partial charge in [0.1, 0.15) is 5.75 Å². The molecule has 0 aromatic heterocycles. The van der Waals surface area contributed by atoms with Gasteiger partial charge in [-0.15, -0.1) is 0 Å². The van der Waals surface area contributed by atoms with Crippen LogP contribution in [-0.4, -0.2) is 29.6 Å². The zero-order chi connectivity index (χ0) is 19.8. The van der Waals surface area contributed by atoms with E-state index in [1.165, 1.54) is 0 Å². The number of hydrogen-bond donors (Lipinski definition) is 1. The van der Waals surface area contributed by atoms with E-state index in [0.717, 1.165) is 22.3 Å². The Morgan fingerprint density at radius 3 is 2.44 bits per heavy atom. The summed E-state index contributed by atoms with van der Waals surface area (Å²) in [6, 6.07) is 11.5. The van der Waals surface area contributed by atoms with Crippen LogP contribution in [0, 0.1) is 20.8 Å². The maximum absolute atomic E-state index is 13.0. The molecule has 0 bridgehead atoms. The van der Waals surface area contributed by atoms with Crippen molar-refractivity contribution >= 4 is 11.7 Å². The second kappa shape index (κ2) is 6.95. The van der Waals surface area contributed by atoms with Gasteiger partial charge < -0.3 is 9.57 Å². The number of ether oxygens (including phenoxy) is 1. The number of carbonyl (C=O) groups excluding carboxylic acids is 1. The molecule has 0 radical (unpaired) electrons. The van der Waals surface area contributed by atoms with Gasteiger partial charge in [0.15, 0.2) is 5.84 Å². The highest BCUT2D eigenvalue weighted by molar-refractivity contribution is 6.03. The van der Waals surface area contributed by atoms with Crippen LogP contribution < -0.4 is 10.2 Å². The first-order chi connectivity index (χ1) is 12.7. The van der Waals surface area contributed by atoms with E-state index < -0.39 is 5.72 Å². The molecule has 1 aliphatic rings. The van der Waals surface area contributed by atoms with Crippen LogP contribution >= 0.6 is 0 Å². The van der Waals surface area contributed by atoms with Gasteiger partial charge in [0.25, 0.3) is 5.91 Å². The molecule has 0 aliphatic carbocycles. The smallest absolute Gasteiger partial charge is 0.270 e. The molecule has 1 N–H and O–H groups in total. The van der Waals surface area contributed by atoms with Crippen molar-refractivity contribution in [2.24, 2.45) is 5.16 Å². The Balaban J connectivity index is 1.93. The number of aryl methyl sites for hydroxylation is 2. The molecule has 0 unspecified atom stereocenters. The second-order valence-electron chi connectivity index (χ2n) is 7.24. The first-order valence-corrected chi connectivity index (χ1v) is 8.82. The summed E-state index contributed by atoms with van der Waals surface area (Å²) in [5.41, 5.74) is 6.58. The van der Waals surface area contributed by atoms with Crippen molar-refractivity contribution in [3.8, 4) is 5.75 Å². The molecular weight excluding hydrogens is 342 g/mol. The summed E-state index contributed by atoms with van der Waals surface area (Å²) in [4.78, 5) is 18.6. The van der Waals surface area contributed by atoms with Crippen LogP contribution in [0.15, 0.2) is 41.6 Å². The molecule has 1 heterocycles. The number of hydrazine groups is 1. The standard InChI is InChI=1S/C21H25N3O3/c1-13-10-14(2)12-16(11-13)19-23-27-21(4,5)24(19)22-20(25)17-8-7-9-18(26-6)15(17)3/h7-12H,1-6H3,(H,22,25). The lowest BCUT2D eigenvalue weighted by Gasteiger charge is -2.31. The Hall–Kier alpha value is -3.02. The number of hydrogen-bond acceptors (Lipinski definition) is 5. The number of amides is 1. The molecular formula is C21H25N3O3. The van der Waals surface area contributed by atoms with Gasteiger partial charge in [0.05, 0.1) is 7.11 Å². The Labute approximate surface area is 159 Å². The summed E-state index contributed by atoms with van der Waals surface area (Å²) in [5.74, 6) is 0.991. The number of carbonyl (C=O) groups is 1. The van der Waals surface area contributed by atoms with Crippen LogP contribution in [0.25, 0.3) is 0 Å². The van der Waals surface area contributed by atoms with Crippen molar-refractivity contribution < 1.29 is 14.4 Å². The van der Waals surface area contributed by atoms with Crippen molar-refractivity contribution in [3.05, 3.63) is 64.2 Å². The molecule has 0 atom stereocenters. The van der Waals surface area contributed by atoms with Crippen LogP contribution in [0.4, 0.5) is 0 Å². The minimum absolute atomic E-state index is 0.248. The van der Waals surface area contributed by atoms with E-state index in [-0.39, 0.29) is 5.91 Å². The summed E-state index contributed by atoms with van der Waals surface area (Å²) >= 11 is 0. The highest BCUT2D eigenvalue weighted by Gasteiger charge is 2.40. The highest BCUT2D eigenvalue weighted by atomic mass is 16.7. The molecule has 6 heteroatoms. The molecule has 27 heavy (non-hydrogen) atoms. The van der Waals surface area contributed by atoms with E-state index in [1.807, 2.05) is 52.8 Å². The number of nitrogens with zero attached hydrogens (tertiary/aromatic N) is 2. The van der Waals surface area contributed by atoms with Crippen molar-refractivity contribution in [2.75, 3.05) is 7.11 Å². The van der Waals surface area contributed by atoms with Gasteiger partial charge in [0.2, 0.25) is 5.72 Å². The fourth-order valence-corrected chi connectivity index (χ4v) is 3.21. The first kappa shape index (κ1) is 18.8. The van der Waals surface area contributed by atoms with Gasteiger partial charge in [-0.1, -0.05) is 28.4 Å². The molecule has 0 saturated carbocycles. The molecule has 2 aromatic rings. The first-order valence-electron chi connectivity index (χ1n) is 8.82. The number of benzene rings is 2. The molecule has 3 rings (SSSR count). The van der Waals surface area contributed by atoms with Gasteiger partial charge in [-0.05, 0) is 58.9 Å². The highest BCUT2D eigenvalue weighted by Crippen LogP contribution is 2.27. The van der Waals surface area contributed by atoms with Crippen LogP contribution in [0.3, 0.4) is 0 Å². The third-order valence-electron chi connectivity index (χ3n) is 4.55. The van der Waals surface area contributed by atoms with E-state index in [4.69, 9.17) is 9.57 Å². The third kappa shape index (κ3) is 3.60. The maximum atomic E-state index is 13.0. The molecule has 2 aromatic carbocycles. The average molecular weight is 367 g/mol. The number of nitrogens with one attached hydrogen (secondary N) is 1. The topological polar surface area (TPSA) is 63.2 Å². The van der Waals surface area contributed by atoms with E-state index in [2.05, 4.69) is 16.6 Å². The van der Waals surface area contributed by atoms with Crippen LogP contribution in [0.2, 0.25) is 0 Å². The molecule has 1 aliphatic heterocycles. The second-order valence-corrected chi connectivity index (χ2v) is 7.24. The molecule has 1 amide bonds. The van der Waals surface area contributed by atoms with E-state index in [9.17, 15) is 4.79 Å². The Morgan fingerprint density at radius 1 is 1.15 bits per heavy atom. The summed E-state index contributed by atoms with van der Waals surface area (Å²) in [6.45, 7) is 9.62. The minimum atomic E-state index is -0.810. The molecule has 0 spiro atoms. The lowest BCUT2D eigenvalue weighted by atomic mass is 10.1. The number of oxime groups is 1. The van der Waals surface area contributed by atoms with Gasteiger partial charge in [0, 0.05) is 16.7 Å². The van der Waals surface area contributed by atoms with Crippen LogP contribution in [0.1, 0.15) is 46.5 Å². The zero-order valence-corrected chi connectivity index (χ0v) is 16.6. The summed E-state index contributed by atoms with van der Waals surface area (Å²) < 4.78 is 5.32. The summed E-state index contributed by atoms with van der Waals surface area (Å²) in [6.07, 6.45) is 0. The quantitative estimate of drug-likeness (QED) is 0.895. The maximum Gasteiger partial charge on any atom is 0.270 e. The largest absolute Gasteiger partial charge is 0.496 e. The number of amidine groups is 1. The fourth-order valence-electron chi connectivity index (χ4n) is 3.21. The lowest BCUT2D eigenvalue weighted by molar-refractivity contribution is -0.0824. The molecule has 0 fully saturated rings. The SMILES string of the molecule is COc1cccc(C(=O)NN2C(c3cc(C)cc(C)c3)=NOC2(C)C)c1C. The fraction of sp³-hybridized carbons (Fsp3) is 0.333. The van der Waals surface area contributed by atoms with E-state index >= 15 is 0 Å². The van der Waals surface area contributed by atoms with Crippen molar-refractivity contribution in [3.63, 3.8) is 0 Å². The summed E-state index contributed by atoms with van der Waals surface area (Å²) in [5, 5.41) is 5.90. The Bertz CT molecular complexity index is 899. The molecule has 0 saturated heterocycles. The number of rotatable bonds is 4. The minimum Gasteiger partial charge on any atom is -0.496 e. The van der Waals surface area contributed by atoms with Gasteiger partial charge in [-0.3, -0.25) is 10.2 Å². The average Bonchev–Trinajstić information content (AvgIpc) is 2.89. The summed E-state index contributed by atoms with van der Waals surface area (Å²) in [7, 11) is 1.59. The van der Waals surface area contributed by atoms with E-state index in [0.29, 0.717) is 17.1 Å². The third-order valence-corrected chi connectivity index (χ3v) is 4.55. The molecule has 142 valence electrons. The van der Waals surface area contributed by atoms with Crippen molar-refractivity contribution in [2.45, 2.75) is 40.3 Å². The van der Waals surface area contributed by atoms with Gasteiger partial charge in [-0.25, -0.2) is 5.01 Å². The Kier molecular flexibility index (Phi) is 4.83. The lowest BCUT2D eigenvalue weighted by Crippen LogP contribution is -2.54. The normalized spacial score (nSPS) is 15.2. The predicted octanol–water partition coefficient (Wildman–Crippen LogP) is 3.70. The Morgan fingerprint density at radius 2 is 1.81 bits per heavy atom. The van der Waals surface area contributed by atoms with Gasteiger partial charge >= 0.3 is 0 Å². The zero-order valence-electron chi connectivity index (χ0n) is 16.6. The van der Waals surface area contributed by atoms with Gasteiger partial charge in [-0.2, -0.15) is 0 Å². The van der Waals surface area contributed by atoms with Crippen molar-refractivity contribution in [1.29, 1.82) is 0 Å². The molecule has 6 nitrogen and oxygen atoms in total. The number of methoxy groups -OCH3 is 1. The van der Waals surface area contributed by atoms with Crippen LogP contribution in [-0.2, 0) is 4.84 Å². The van der Waals surface area contributed by atoms with Crippen molar-refractivity contribution in [1.82, 2.24) is 10.4 Å². The predicted molar refractivity (Wildman–Crippen MR) is 105 cm³/mol. The monoisotopic (exact) mass is 367 g/mol. The van der Waals surface area contributed by atoms with E-state index in [1.54, 1.807) is 24.3 Å².